The Morgan fingerprint density at radius 2 is 1.85 bits per heavy atom. The van der Waals surface area contributed by atoms with Gasteiger partial charge in [0, 0.05) is 11.5 Å². The summed E-state index contributed by atoms with van der Waals surface area (Å²) in [5, 5.41) is 0.425. The summed E-state index contributed by atoms with van der Waals surface area (Å²) in [5.41, 5.74) is -0.401. The number of para-hydroxylation sites is 1. The molecule has 1 aromatic carbocycles. The molecule has 0 aliphatic carbocycles. The van der Waals surface area contributed by atoms with Crippen LogP contribution in [0.3, 0.4) is 0 Å². The van der Waals surface area contributed by atoms with Crippen molar-refractivity contribution in [3.05, 3.63) is 40.8 Å². The highest BCUT2D eigenvalue weighted by Crippen LogP contribution is 2.23. The van der Waals surface area contributed by atoms with Crippen molar-refractivity contribution in [1.29, 1.82) is 0 Å². The van der Waals surface area contributed by atoms with Crippen LogP contribution in [-0.4, -0.2) is 26.7 Å². The first-order valence-corrected chi connectivity index (χ1v) is 10.9. The zero-order valence-corrected chi connectivity index (χ0v) is 16.6. The molecule has 1 heterocycles. The fraction of sp³-hybridized carbons (Fsp3) is 0.500. The molecule has 0 radical (unpaired) electrons. The summed E-state index contributed by atoms with van der Waals surface area (Å²) in [5.74, 6) is -0.309. The van der Waals surface area contributed by atoms with E-state index in [0.29, 0.717) is 31.3 Å². The lowest BCUT2D eigenvalue weighted by molar-refractivity contribution is -0.148. The highest BCUT2D eigenvalue weighted by molar-refractivity contribution is 7.91. The third kappa shape index (κ3) is 5.92. The first kappa shape index (κ1) is 21.2. The summed E-state index contributed by atoms with van der Waals surface area (Å²) in [6.45, 7) is 4.13. The fourth-order valence-corrected chi connectivity index (χ4v) is 4.26. The van der Waals surface area contributed by atoms with E-state index in [9.17, 15) is 18.0 Å². The van der Waals surface area contributed by atoms with E-state index in [0.717, 1.165) is 18.9 Å². The second-order valence-electron chi connectivity index (χ2n) is 6.64. The Morgan fingerprint density at radius 3 is 2.59 bits per heavy atom. The lowest BCUT2D eigenvalue weighted by atomic mass is 10.1. The second-order valence-corrected chi connectivity index (χ2v) is 8.71. The molecule has 0 aliphatic heterocycles. The maximum absolute atomic E-state index is 12.6. The normalized spacial score (nSPS) is 12.8. The Hall–Kier alpha value is -2.15. The Kier molecular flexibility index (Phi) is 7.59. The number of carbonyl (C=O) groups excluding carboxylic acids is 1. The molecule has 1 aromatic heterocycles. The van der Waals surface area contributed by atoms with E-state index in [1.807, 2.05) is 13.8 Å². The van der Waals surface area contributed by atoms with Crippen LogP contribution in [0, 0.1) is 5.92 Å². The van der Waals surface area contributed by atoms with Gasteiger partial charge >= 0.3 is 11.6 Å². The standard InChI is InChI=1S/C20H26O6S/c1-3-15(2)20(22)25-12-8-4-5-9-13-27(23,24)18-14-19(21)26-17-11-7-6-10-16(17)18/h6-7,10-11,14-15H,3-5,8-9,12-13H2,1-2H3. The summed E-state index contributed by atoms with van der Waals surface area (Å²) >= 11 is 0. The van der Waals surface area contributed by atoms with E-state index < -0.39 is 15.5 Å². The van der Waals surface area contributed by atoms with Crippen molar-refractivity contribution in [2.75, 3.05) is 12.4 Å². The summed E-state index contributed by atoms with van der Waals surface area (Å²) in [4.78, 5) is 23.2. The highest BCUT2D eigenvalue weighted by atomic mass is 32.2. The maximum atomic E-state index is 12.6. The molecular weight excluding hydrogens is 368 g/mol. The van der Waals surface area contributed by atoms with Crippen LogP contribution in [0.1, 0.15) is 46.0 Å². The van der Waals surface area contributed by atoms with Crippen LogP contribution in [0.2, 0.25) is 0 Å². The average Bonchev–Trinajstić information content (AvgIpc) is 2.65. The maximum Gasteiger partial charge on any atom is 0.337 e. The lowest BCUT2D eigenvalue weighted by Gasteiger charge is -2.09. The van der Waals surface area contributed by atoms with Crippen molar-refractivity contribution in [1.82, 2.24) is 0 Å². The zero-order chi connectivity index (χ0) is 19.9. The smallest absolute Gasteiger partial charge is 0.337 e. The van der Waals surface area contributed by atoms with Crippen molar-refractivity contribution in [2.24, 2.45) is 5.92 Å². The number of sulfone groups is 1. The Balaban J connectivity index is 1.84. The molecule has 148 valence electrons. The van der Waals surface area contributed by atoms with Gasteiger partial charge in [0.25, 0.3) is 0 Å². The molecule has 0 saturated heterocycles. The van der Waals surface area contributed by atoms with Gasteiger partial charge in [0.15, 0.2) is 9.84 Å². The molecule has 0 fully saturated rings. The molecule has 6 nitrogen and oxygen atoms in total. The summed E-state index contributed by atoms with van der Waals surface area (Å²) in [6, 6.07) is 7.66. The molecule has 0 N–H and O–H groups in total. The number of rotatable bonds is 10. The number of hydrogen-bond donors (Lipinski definition) is 0. The number of benzene rings is 1. The van der Waals surface area contributed by atoms with E-state index in [1.54, 1.807) is 24.3 Å². The van der Waals surface area contributed by atoms with Crippen molar-refractivity contribution in [3.63, 3.8) is 0 Å². The minimum atomic E-state index is -3.58. The monoisotopic (exact) mass is 394 g/mol. The van der Waals surface area contributed by atoms with Crippen LogP contribution in [0.4, 0.5) is 0 Å². The van der Waals surface area contributed by atoms with Gasteiger partial charge in [0.05, 0.1) is 23.2 Å². The van der Waals surface area contributed by atoms with Crippen LogP contribution in [0.5, 0.6) is 0 Å². The van der Waals surface area contributed by atoms with Crippen LogP contribution < -0.4 is 5.63 Å². The Morgan fingerprint density at radius 1 is 1.15 bits per heavy atom. The average molecular weight is 394 g/mol. The Bertz CT molecular complexity index is 929. The number of carbonyl (C=O) groups is 1. The van der Waals surface area contributed by atoms with Crippen LogP contribution in [-0.2, 0) is 19.4 Å². The van der Waals surface area contributed by atoms with Gasteiger partial charge in [-0.05, 0) is 31.4 Å². The third-order valence-corrected chi connectivity index (χ3v) is 6.35. The Labute approximate surface area is 159 Å². The summed E-state index contributed by atoms with van der Waals surface area (Å²) < 4.78 is 35.5. The quantitative estimate of drug-likeness (QED) is 0.347. The lowest BCUT2D eigenvalue weighted by Crippen LogP contribution is -2.14. The van der Waals surface area contributed by atoms with Crippen molar-refractivity contribution in [3.8, 4) is 0 Å². The molecule has 1 atom stereocenters. The predicted octanol–water partition coefficient (Wildman–Crippen LogP) is 3.72. The van der Waals surface area contributed by atoms with E-state index in [-0.39, 0.29) is 28.1 Å². The largest absolute Gasteiger partial charge is 0.465 e. The van der Waals surface area contributed by atoms with Gasteiger partial charge in [-0.3, -0.25) is 4.79 Å². The summed E-state index contributed by atoms with van der Waals surface area (Å²) in [6.07, 6.45) is 3.43. The molecule has 2 rings (SSSR count). The molecule has 0 spiro atoms. The van der Waals surface area contributed by atoms with Crippen molar-refractivity contribution >= 4 is 26.8 Å². The minimum absolute atomic E-state index is 0.0248. The highest BCUT2D eigenvalue weighted by Gasteiger charge is 2.19. The van der Waals surface area contributed by atoms with Crippen molar-refractivity contribution in [2.45, 2.75) is 50.8 Å². The molecular formula is C20H26O6S. The van der Waals surface area contributed by atoms with Gasteiger partial charge in [0.1, 0.15) is 5.58 Å². The predicted molar refractivity (Wildman–Crippen MR) is 103 cm³/mol. The molecule has 2 aromatic rings. The van der Waals surface area contributed by atoms with Crippen LogP contribution >= 0.6 is 0 Å². The molecule has 7 heteroatoms. The molecule has 0 bridgehead atoms. The topological polar surface area (TPSA) is 90.7 Å². The molecule has 27 heavy (non-hydrogen) atoms. The number of fused-ring (bicyclic) bond motifs is 1. The van der Waals surface area contributed by atoms with E-state index in [2.05, 4.69) is 0 Å². The van der Waals surface area contributed by atoms with Gasteiger partial charge in [0.2, 0.25) is 0 Å². The van der Waals surface area contributed by atoms with Crippen LogP contribution in [0.25, 0.3) is 11.0 Å². The molecule has 0 saturated carbocycles. The first-order chi connectivity index (χ1) is 12.8. The fourth-order valence-electron chi connectivity index (χ4n) is 2.68. The van der Waals surface area contributed by atoms with Gasteiger partial charge in [-0.1, -0.05) is 38.8 Å². The van der Waals surface area contributed by atoms with E-state index in [1.165, 1.54) is 0 Å². The van der Waals surface area contributed by atoms with Gasteiger partial charge in [-0.25, -0.2) is 13.2 Å². The van der Waals surface area contributed by atoms with Gasteiger partial charge in [-0.15, -0.1) is 0 Å². The van der Waals surface area contributed by atoms with E-state index >= 15 is 0 Å². The summed E-state index contributed by atoms with van der Waals surface area (Å²) in [7, 11) is -3.58. The van der Waals surface area contributed by atoms with Gasteiger partial charge < -0.3 is 9.15 Å². The first-order valence-electron chi connectivity index (χ1n) is 9.27. The molecule has 1 unspecified atom stereocenters. The molecule has 0 aliphatic rings. The molecule has 0 amide bonds. The zero-order valence-electron chi connectivity index (χ0n) is 15.8. The second kappa shape index (κ2) is 9.69. The van der Waals surface area contributed by atoms with E-state index in [4.69, 9.17) is 9.15 Å². The number of unbranched alkanes of at least 4 members (excludes halogenated alkanes) is 3. The van der Waals surface area contributed by atoms with Crippen LogP contribution in [0.15, 0.2) is 44.4 Å². The van der Waals surface area contributed by atoms with Gasteiger partial charge in [-0.2, -0.15) is 0 Å². The SMILES string of the molecule is CCC(C)C(=O)OCCCCCCS(=O)(=O)c1cc(=O)oc2ccccc12. The number of hydrogen-bond acceptors (Lipinski definition) is 6. The minimum Gasteiger partial charge on any atom is -0.465 e. The van der Waals surface area contributed by atoms with Crippen molar-refractivity contribution < 1.29 is 22.4 Å². The third-order valence-electron chi connectivity index (χ3n) is 4.51. The number of esters is 1. The number of ether oxygens (including phenoxy) is 1.